The summed E-state index contributed by atoms with van der Waals surface area (Å²) in [6, 6.07) is 10.0. The maximum Gasteiger partial charge on any atom is 0.289 e. The fraction of sp³-hybridized carbons (Fsp3) is 0.227. The number of ether oxygens (including phenoxy) is 1. The fourth-order valence-corrected chi connectivity index (χ4v) is 3.53. The predicted octanol–water partition coefficient (Wildman–Crippen LogP) is 4.16. The van der Waals surface area contributed by atoms with E-state index >= 15 is 0 Å². The number of benzene rings is 1. The third-order valence-electron chi connectivity index (χ3n) is 4.69. The van der Waals surface area contributed by atoms with Crippen LogP contribution in [-0.4, -0.2) is 38.0 Å². The number of rotatable bonds is 4. The third-order valence-corrected chi connectivity index (χ3v) is 4.90. The van der Waals surface area contributed by atoms with Crippen LogP contribution in [0, 0.1) is 12.7 Å². The van der Waals surface area contributed by atoms with Gasteiger partial charge in [0.15, 0.2) is 5.76 Å². The second-order valence-electron chi connectivity index (χ2n) is 7.21. The molecule has 1 aromatic carbocycles. The van der Waals surface area contributed by atoms with Gasteiger partial charge in [0.25, 0.3) is 5.91 Å². The minimum Gasteiger partial charge on any atom is -0.483 e. The monoisotopic (exact) mass is 426 g/mol. The standard InChI is InChI=1S/C22H20ClFN4O2/c1-14-10-28(13-25-14)19-7-6-16(8-18(19)24)9-20-22(29)27(11-15(2)30-20)12-17-4-3-5-21(23)26-17/h3-10,13,15H,11-12H2,1-2H3/t15-/m0/s1. The van der Waals surface area contributed by atoms with Crippen molar-refractivity contribution in [3.8, 4) is 5.69 Å². The summed E-state index contributed by atoms with van der Waals surface area (Å²) in [4.78, 5) is 22.9. The molecule has 0 aliphatic carbocycles. The molecule has 0 saturated carbocycles. The van der Waals surface area contributed by atoms with Crippen molar-refractivity contribution in [3.63, 3.8) is 0 Å². The van der Waals surface area contributed by atoms with Crippen LogP contribution in [0.5, 0.6) is 0 Å². The molecule has 1 fully saturated rings. The molecule has 1 aliphatic heterocycles. The normalized spacial score (nSPS) is 18.0. The summed E-state index contributed by atoms with van der Waals surface area (Å²) >= 11 is 5.94. The smallest absolute Gasteiger partial charge is 0.289 e. The van der Waals surface area contributed by atoms with Crippen molar-refractivity contribution in [2.75, 3.05) is 6.54 Å². The Morgan fingerprint density at radius 3 is 2.87 bits per heavy atom. The summed E-state index contributed by atoms with van der Waals surface area (Å²) in [5, 5.41) is 0.376. The number of hydrogen-bond acceptors (Lipinski definition) is 4. The average Bonchev–Trinajstić information content (AvgIpc) is 3.11. The van der Waals surface area contributed by atoms with Gasteiger partial charge in [-0.15, -0.1) is 0 Å². The number of carbonyl (C=O) groups excluding carboxylic acids is 1. The predicted molar refractivity (Wildman–Crippen MR) is 111 cm³/mol. The Kier molecular flexibility index (Phi) is 5.55. The number of imidazole rings is 1. The first kappa shape index (κ1) is 20.1. The van der Waals surface area contributed by atoms with Crippen molar-refractivity contribution in [2.45, 2.75) is 26.5 Å². The highest BCUT2D eigenvalue weighted by atomic mass is 35.5. The number of aryl methyl sites for hydroxylation is 1. The maximum absolute atomic E-state index is 14.6. The minimum atomic E-state index is -0.418. The van der Waals surface area contributed by atoms with Crippen LogP contribution >= 0.6 is 11.6 Å². The van der Waals surface area contributed by atoms with Gasteiger partial charge in [-0.2, -0.15) is 0 Å². The van der Waals surface area contributed by atoms with Gasteiger partial charge in [0, 0.05) is 6.20 Å². The number of nitrogens with zero attached hydrogens (tertiary/aromatic N) is 4. The molecule has 8 heteroatoms. The molecule has 1 atom stereocenters. The summed E-state index contributed by atoms with van der Waals surface area (Å²) in [5.74, 6) is -0.524. The van der Waals surface area contributed by atoms with Gasteiger partial charge in [-0.1, -0.05) is 23.7 Å². The van der Waals surface area contributed by atoms with Crippen LogP contribution in [0.4, 0.5) is 4.39 Å². The van der Waals surface area contributed by atoms with Gasteiger partial charge in [-0.3, -0.25) is 4.79 Å². The van der Waals surface area contributed by atoms with Crippen molar-refractivity contribution in [1.82, 2.24) is 19.4 Å². The highest BCUT2D eigenvalue weighted by molar-refractivity contribution is 6.29. The van der Waals surface area contributed by atoms with Crippen LogP contribution in [0.15, 0.2) is 54.7 Å². The zero-order chi connectivity index (χ0) is 21.3. The molecule has 0 radical (unpaired) electrons. The van der Waals surface area contributed by atoms with E-state index in [0.29, 0.717) is 35.2 Å². The first-order valence-electron chi connectivity index (χ1n) is 9.48. The number of aromatic nitrogens is 3. The van der Waals surface area contributed by atoms with Crippen molar-refractivity contribution in [3.05, 3.63) is 82.6 Å². The zero-order valence-electron chi connectivity index (χ0n) is 16.5. The first-order chi connectivity index (χ1) is 14.4. The lowest BCUT2D eigenvalue weighted by Gasteiger charge is -2.32. The molecule has 3 aromatic rings. The lowest BCUT2D eigenvalue weighted by molar-refractivity contribution is -0.139. The van der Waals surface area contributed by atoms with Gasteiger partial charge >= 0.3 is 0 Å². The molecule has 6 nitrogen and oxygen atoms in total. The van der Waals surface area contributed by atoms with E-state index in [1.807, 2.05) is 19.9 Å². The van der Waals surface area contributed by atoms with Crippen LogP contribution in [0.25, 0.3) is 11.8 Å². The molecular formula is C22H20ClFN4O2. The Labute approximate surface area is 178 Å². The molecule has 2 aromatic heterocycles. The van der Waals surface area contributed by atoms with Gasteiger partial charge < -0.3 is 14.2 Å². The number of amides is 1. The molecule has 0 spiro atoms. The Morgan fingerprint density at radius 2 is 2.17 bits per heavy atom. The quantitative estimate of drug-likeness (QED) is 0.464. The summed E-state index contributed by atoms with van der Waals surface area (Å²) in [7, 11) is 0. The Morgan fingerprint density at radius 1 is 1.33 bits per heavy atom. The number of pyridine rings is 1. The Bertz CT molecular complexity index is 1130. The highest BCUT2D eigenvalue weighted by Gasteiger charge is 2.29. The minimum absolute atomic E-state index is 0.168. The summed E-state index contributed by atoms with van der Waals surface area (Å²) in [5.41, 5.74) is 2.41. The van der Waals surface area contributed by atoms with Crippen LogP contribution in [0.2, 0.25) is 5.15 Å². The van der Waals surface area contributed by atoms with Gasteiger partial charge in [-0.05, 0) is 49.8 Å². The summed E-state index contributed by atoms with van der Waals surface area (Å²) in [6.45, 7) is 4.46. The second kappa shape index (κ2) is 8.28. The summed E-state index contributed by atoms with van der Waals surface area (Å²) in [6.07, 6.45) is 4.66. The number of halogens is 2. The molecule has 4 rings (SSSR count). The van der Waals surface area contributed by atoms with Crippen LogP contribution in [-0.2, 0) is 16.1 Å². The van der Waals surface area contributed by atoms with E-state index in [2.05, 4.69) is 9.97 Å². The van der Waals surface area contributed by atoms with Crippen LogP contribution in [0.3, 0.4) is 0 Å². The van der Waals surface area contributed by atoms with Crippen molar-refractivity contribution in [1.29, 1.82) is 0 Å². The maximum atomic E-state index is 14.6. The molecule has 1 saturated heterocycles. The molecule has 3 heterocycles. The topological polar surface area (TPSA) is 60.2 Å². The number of morpholine rings is 1. The lowest BCUT2D eigenvalue weighted by atomic mass is 10.1. The van der Waals surface area contributed by atoms with Crippen molar-refractivity contribution >= 4 is 23.6 Å². The molecule has 30 heavy (non-hydrogen) atoms. The van der Waals surface area contributed by atoms with Crippen LogP contribution in [0.1, 0.15) is 23.9 Å². The lowest BCUT2D eigenvalue weighted by Crippen LogP contribution is -2.43. The largest absolute Gasteiger partial charge is 0.483 e. The van der Waals surface area contributed by atoms with E-state index in [4.69, 9.17) is 16.3 Å². The number of carbonyl (C=O) groups is 1. The summed E-state index contributed by atoms with van der Waals surface area (Å²) < 4.78 is 22.0. The van der Waals surface area contributed by atoms with E-state index in [0.717, 1.165) is 5.69 Å². The first-order valence-corrected chi connectivity index (χ1v) is 9.86. The van der Waals surface area contributed by atoms with Crippen molar-refractivity contribution in [2.24, 2.45) is 0 Å². The van der Waals surface area contributed by atoms with Crippen LogP contribution < -0.4 is 0 Å². The number of hydrogen-bond donors (Lipinski definition) is 0. The van der Waals surface area contributed by atoms with Crippen molar-refractivity contribution < 1.29 is 13.9 Å². The SMILES string of the molecule is Cc1cn(-c2ccc(C=C3O[C@@H](C)CN(Cc4cccc(Cl)n4)C3=O)cc2F)cn1. The Balaban J connectivity index is 1.57. The molecule has 1 aliphatic rings. The second-order valence-corrected chi connectivity index (χ2v) is 7.59. The molecule has 154 valence electrons. The van der Waals surface area contributed by atoms with E-state index in [-0.39, 0.29) is 17.8 Å². The molecule has 0 unspecified atom stereocenters. The van der Waals surface area contributed by atoms with Gasteiger partial charge in [-0.25, -0.2) is 14.4 Å². The highest BCUT2D eigenvalue weighted by Crippen LogP contribution is 2.23. The molecule has 1 amide bonds. The van der Waals surface area contributed by atoms with E-state index in [1.54, 1.807) is 52.3 Å². The van der Waals surface area contributed by atoms with Gasteiger partial charge in [0.2, 0.25) is 0 Å². The fourth-order valence-electron chi connectivity index (χ4n) is 3.35. The molecular weight excluding hydrogens is 407 g/mol. The Hall–Kier alpha value is -3.19. The molecule has 0 N–H and O–H groups in total. The molecule has 0 bridgehead atoms. The van der Waals surface area contributed by atoms with E-state index < -0.39 is 5.82 Å². The van der Waals surface area contributed by atoms with Gasteiger partial charge in [0.05, 0.1) is 36.5 Å². The third kappa shape index (κ3) is 4.36. The van der Waals surface area contributed by atoms with E-state index in [9.17, 15) is 9.18 Å². The zero-order valence-corrected chi connectivity index (χ0v) is 17.3. The van der Waals surface area contributed by atoms with E-state index in [1.165, 1.54) is 6.07 Å². The van der Waals surface area contributed by atoms with Gasteiger partial charge in [0.1, 0.15) is 17.1 Å². The average molecular weight is 427 g/mol.